The lowest BCUT2D eigenvalue weighted by Crippen LogP contribution is -2.48. The number of amides is 2. The molecule has 1 aromatic carbocycles. The van der Waals surface area contributed by atoms with Gasteiger partial charge in [-0.25, -0.2) is 8.42 Å². The van der Waals surface area contributed by atoms with E-state index in [1.54, 1.807) is 12.1 Å². The third-order valence-corrected chi connectivity index (χ3v) is 7.33. The molecule has 0 unspecified atom stereocenters. The molecule has 7 nitrogen and oxygen atoms in total. The first-order chi connectivity index (χ1) is 12.6. The van der Waals surface area contributed by atoms with Gasteiger partial charge in [-0.2, -0.15) is 4.31 Å². The number of hydrogen-bond donors (Lipinski definition) is 1. The van der Waals surface area contributed by atoms with E-state index in [-0.39, 0.29) is 29.0 Å². The van der Waals surface area contributed by atoms with Crippen LogP contribution < -0.4 is 10.2 Å². The summed E-state index contributed by atoms with van der Waals surface area (Å²) in [4.78, 5) is 27.1. The van der Waals surface area contributed by atoms with Gasteiger partial charge in [-0.1, -0.05) is 0 Å². The standard InChI is InChI=1S/C18H25N3O4S2/c1-18(2,3)19-16(22)11-21-14-10-13(6-7-15(14)26-12-17(21)23)27(24,25)20-8-4-5-9-20/h6-7,10H,4-5,8-9,11-12H2,1-3H3,(H,19,22). The van der Waals surface area contributed by atoms with Gasteiger partial charge in [0.2, 0.25) is 21.8 Å². The second-order valence-corrected chi connectivity index (χ2v) is 10.8. The molecule has 1 N–H and O–H groups in total. The Balaban J connectivity index is 1.91. The Morgan fingerprint density at radius 1 is 1.22 bits per heavy atom. The highest BCUT2D eigenvalue weighted by molar-refractivity contribution is 8.00. The molecular formula is C18H25N3O4S2. The number of carbonyl (C=O) groups excluding carboxylic acids is 2. The summed E-state index contributed by atoms with van der Waals surface area (Å²) in [7, 11) is -3.58. The van der Waals surface area contributed by atoms with Crippen molar-refractivity contribution in [2.45, 2.75) is 48.9 Å². The van der Waals surface area contributed by atoms with Gasteiger partial charge < -0.3 is 10.2 Å². The molecule has 0 atom stereocenters. The summed E-state index contributed by atoms with van der Waals surface area (Å²) in [5.41, 5.74) is 0.0784. The van der Waals surface area contributed by atoms with E-state index in [0.717, 1.165) is 17.7 Å². The van der Waals surface area contributed by atoms with Gasteiger partial charge in [0.05, 0.1) is 16.3 Å². The van der Waals surface area contributed by atoms with Crippen LogP contribution in [0.5, 0.6) is 0 Å². The van der Waals surface area contributed by atoms with E-state index in [9.17, 15) is 18.0 Å². The van der Waals surface area contributed by atoms with E-state index in [2.05, 4.69) is 5.32 Å². The first kappa shape index (κ1) is 20.2. The molecule has 1 aromatic rings. The smallest absolute Gasteiger partial charge is 0.243 e. The van der Waals surface area contributed by atoms with Gasteiger partial charge in [0.25, 0.3) is 0 Å². The van der Waals surface area contributed by atoms with Crippen molar-refractivity contribution in [3.8, 4) is 0 Å². The van der Waals surface area contributed by atoms with Gasteiger partial charge in [-0.3, -0.25) is 9.59 Å². The minimum absolute atomic E-state index is 0.128. The number of fused-ring (bicyclic) bond motifs is 1. The molecule has 1 saturated heterocycles. The molecule has 0 bridgehead atoms. The van der Waals surface area contributed by atoms with Crippen LogP contribution in [0.1, 0.15) is 33.6 Å². The predicted octanol–water partition coefficient (Wildman–Crippen LogP) is 1.82. The fourth-order valence-electron chi connectivity index (χ4n) is 3.19. The Labute approximate surface area is 164 Å². The largest absolute Gasteiger partial charge is 0.350 e. The lowest BCUT2D eigenvalue weighted by Gasteiger charge is -2.30. The molecule has 2 amide bonds. The molecule has 0 spiro atoms. The number of carbonyl (C=O) groups is 2. The lowest BCUT2D eigenvalue weighted by atomic mass is 10.1. The molecule has 148 valence electrons. The average Bonchev–Trinajstić information content (AvgIpc) is 3.10. The molecule has 27 heavy (non-hydrogen) atoms. The number of sulfonamides is 1. The summed E-state index contributed by atoms with van der Waals surface area (Å²) in [6.45, 7) is 6.51. The number of rotatable bonds is 4. The topological polar surface area (TPSA) is 86.8 Å². The molecule has 0 aromatic heterocycles. The van der Waals surface area contributed by atoms with Crippen LogP contribution in [0, 0.1) is 0 Å². The van der Waals surface area contributed by atoms with Crippen molar-refractivity contribution in [2.75, 3.05) is 30.3 Å². The summed E-state index contributed by atoms with van der Waals surface area (Å²) < 4.78 is 27.2. The van der Waals surface area contributed by atoms with E-state index >= 15 is 0 Å². The number of hydrogen-bond acceptors (Lipinski definition) is 5. The summed E-state index contributed by atoms with van der Waals surface area (Å²) in [5.74, 6) is -0.248. The van der Waals surface area contributed by atoms with Crippen LogP contribution in [0.15, 0.2) is 28.0 Å². The van der Waals surface area contributed by atoms with Crippen molar-refractivity contribution in [3.05, 3.63) is 18.2 Å². The van der Waals surface area contributed by atoms with E-state index in [0.29, 0.717) is 18.8 Å². The molecule has 9 heteroatoms. The number of nitrogens with zero attached hydrogens (tertiary/aromatic N) is 2. The summed E-state index contributed by atoms with van der Waals surface area (Å²) >= 11 is 1.36. The lowest BCUT2D eigenvalue weighted by molar-refractivity contribution is -0.124. The maximum atomic E-state index is 12.9. The van der Waals surface area contributed by atoms with E-state index in [4.69, 9.17) is 0 Å². The van der Waals surface area contributed by atoms with Gasteiger partial charge in [-0.05, 0) is 51.8 Å². The maximum Gasteiger partial charge on any atom is 0.243 e. The average molecular weight is 412 g/mol. The van der Waals surface area contributed by atoms with Gasteiger partial charge in [0.1, 0.15) is 6.54 Å². The Bertz CT molecular complexity index is 856. The van der Waals surface area contributed by atoms with Gasteiger partial charge in [-0.15, -0.1) is 11.8 Å². The number of thioether (sulfide) groups is 1. The third-order valence-electron chi connectivity index (χ3n) is 4.39. The molecule has 0 saturated carbocycles. The monoisotopic (exact) mass is 411 g/mol. The van der Waals surface area contributed by atoms with E-state index in [1.807, 2.05) is 20.8 Å². The fraction of sp³-hybridized carbons (Fsp3) is 0.556. The van der Waals surface area contributed by atoms with Crippen LogP contribution in [-0.4, -0.2) is 55.5 Å². The highest BCUT2D eigenvalue weighted by Crippen LogP contribution is 2.37. The van der Waals surface area contributed by atoms with Crippen molar-refractivity contribution >= 4 is 39.3 Å². The maximum absolute atomic E-state index is 12.9. The highest BCUT2D eigenvalue weighted by atomic mass is 32.2. The van der Waals surface area contributed by atoms with Crippen molar-refractivity contribution in [3.63, 3.8) is 0 Å². The minimum atomic E-state index is -3.58. The Morgan fingerprint density at radius 2 is 1.89 bits per heavy atom. The van der Waals surface area contributed by atoms with Crippen LogP contribution in [0.3, 0.4) is 0 Å². The summed E-state index contributed by atoms with van der Waals surface area (Å²) in [5, 5.41) is 2.84. The predicted molar refractivity (Wildman–Crippen MR) is 105 cm³/mol. The number of anilines is 1. The van der Waals surface area contributed by atoms with E-state index < -0.39 is 15.6 Å². The summed E-state index contributed by atoms with van der Waals surface area (Å²) in [6, 6.07) is 4.84. The quantitative estimate of drug-likeness (QED) is 0.817. The molecule has 3 rings (SSSR count). The molecule has 2 aliphatic rings. The second kappa shape index (κ2) is 7.44. The SMILES string of the molecule is CC(C)(C)NC(=O)CN1C(=O)CSc2ccc(S(=O)(=O)N3CCCC3)cc21. The first-order valence-corrected chi connectivity index (χ1v) is 11.4. The number of benzene rings is 1. The van der Waals surface area contributed by atoms with Crippen LogP contribution in [-0.2, 0) is 19.6 Å². The van der Waals surface area contributed by atoms with Crippen LogP contribution >= 0.6 is 11.8 Å². The fourth-order valence-corrected chi connectivity index (χ4v) is 5.65. The minimum Gasteiger partial charge on any atom is -0.350 e. The second-order valence-electron chi connectivity index (χ2n) is 7.81. The highest BCUT2D eigenvalue weighted by Gasteiger charge is 2.32. The van der Waals surface area contributed by atoms with Gasteiger partial charge in [0, 0.05) is 23.5 Å². The zero-order valence-electron chi connectivity index (χ0n) is 15.8. The van der Waals surface area contributed by atoms with Crippen LogP contribution in [0.25, 0.3) is 0 Å². The van der Waals surface area contributed by atoms with Crippen molar-refractivity contribution in [2.24, 2.45) is 0 Å². The molecule has 2 heterocycles. The van der Waals surface area contributed by atoms with Crippen molar-refractivity contribution in [1.82, 2.24) is 9.62 Å². The van der Waals surface area contributed by atoms with Crippen LogP contribution in [0.2, 0.25) is 0 Å². The van der Waals surface area contributed by atoms with E-state index in [1.165, 1.54) is 27.0 Å². The van der Waals surface area contributed by atoms with Crippen molar-refractivity contribution < 1.29 is 18.0 Å². The normalized spacial score (nSPS) is 18.5. The Morgan fingerprint density at radius 3 is 2.52 bits per heavy atom. The Kier molecular flexibility index (Phi) is 5.56. The van der Waals surface area contributed by atoms with Gasteiger partial charge in [0.15, 0.2) is 0 Å². The summed E-state index contributed by atoms with van der Waals surface area (Å²) in [6.07, 6.45) is 1.72. The Hall–Kier alpha value is -1.58. The zero-order chi connectivity index (χ0) is 19.8. The first-order valence-electron chi connectivity index (χ1n) is 8.96. The third kappa shape index (κ3) is 4.47. The van der Waals surface area contributed by atoms with Crippen LogP contribution in [0.4, 0.5) is 5.69 Å². The zero-order valence-corrected chi connectivity index (χ0v) is 17.5. The van der Waals surface area contributed by atoms with Crippen molar-refractivity contribution in [1.29, 1.82) is 0 Å². The molecular weight excluding hydrogens is 386 g/mol. The van der Waals surface area contributed by atoms with Gasteiger partial charge >= 0.3 is 0 Å². The molecule has 1 fully saturated rings. The molecule has 0 aliphatic carbocycles. The molecule has 0 radical (unpaired) electrons. The molecule has 2 aliphatic heterocycles. The number of nitrogens with one attached hydrogen (secondary N) is 1.